The quantitative estimate of drug-likeness (QED) is 0.303. The highest BCUT2D eigenvalue weighted by Crippen LogP contribution is 2.41. The first kappa shape index (κ1) is 24.8. The van der Waals surface area contributed by atoms with Crippen LogP contribution in [0.25, 0.3) is 0 Å². The molecule has 1 rings (SSSR count). The van der Waals surface area contributed by atoms with E-state index >= 15 is 0 Å². The standard InChI is InChI=1S/C17H23BrO11/c1-7(19)25-6-17(24)15(18)13(27-9(3)21)12(26-8(2)20)14(28-10(4)22)16(17)29-11(5)23/h12-16,24H,6H2,1-5H3/t12-,13+,14+,15-,16-,17+/m0/s1. The molecule has 6 atom stereocenters. The van der Waals surface area contributed by atoms with Crippen LogP contribution in [0.4, 0.5) is 0 Å². The summed E-state index contributed by atoms with van der Waals surface area (Å²) in [6, 6.07) is 0. The predicted molar refractivity (Wildman–Crippen MR) is 96.5 cm³/mol. The van der Waals surface area contributed by atoms with Gasteiger partial charge in [0, 0.05) is 34.6 Å². The van der Waals surface area contributed by atoms with Gasteiger partial charge in [-0.25, -0.2) is 0 Å². The summed E-state index contributed by atoms with van der Waals surface area (Å²) >= 11 is 3.17. The molecule has 29 heavy (non-hydrogen) atoms. The van der Waals surface area contributed by atoms with E-state index in [4.69, 9.17) is 23.7 Å². The van der Waals surface area contributed by atoms with Gasteiger partial charge in [0.1, 0.15) is 6.61 Å². The molecule has 164 valence electrons. The Morgan fingerprint density at radius 3 is 1.55 bits per heavy atom. The van der Waals surface area contributed by atoms with Crippen molar-refractivity contribution in [2.45, 2.75) is 69.5 Å². The molecule has 0 aromatic heterocycles. The van der Waals surface area contributed by atoms with Crippen LogP contribution in [0.3, 0.4) is 0 Å². The number of halogens is 1. The molecule has 0 aliphatic heterocycles. The minimum absolute atomic E-state index is 0.710. The third-order valence-electron chi connectivity index (χ3n) is 3.91. The second-order valence-corrected chi connectivity index (χ2v) is 7.41. The van der Waals surface area contributed by atoms with E-state index in [1.54, 1.807) is 0 Å². The molecule has 11 nitrogen and oxygen atoms in total. The maximum absolute atomic E-state index is 11.7. The van der Waals surface area contributed by atoms with Crippen molar-refractivity contribution in [2.75, 3.05) is 6.61 Å². The van der Waals surface area contributed by atoms with Crippen molar-refractivity contribution in [1.82, 2.24) is 0 Å². The van der Waals surface area contributed by atoms with E-state index in [0.29, 0.717) is 0 Å². The second kappa shape index (κ2) is 10.0. The molecule has 1 N–H and O–H groups in total. The summed E-state index contributed by atoms with van der Waals surface area (Å²) in [6.45, 7) is 4.61. The summed E-state index contributed by atoms with van der Waals surface area (Å²) in [5.74, 6) is -4.07. The molecule has 0 saturated heterocycles. The van der Waals surface area contributed by atoms with Crippen molar-refractivity contribution in [1.29, 1.82) is 0 Å². The summed E-state index contributed by atoms with van der Waals surface area (Å²) in [7, 11) is 0. The van der Waals surface area contributed by atoms with Crippen LogP contribution < -0.4 is 0 Å². The molecule has 12 heteroatoms. The van der Waals surface area contributed by atoms with Gasteiger partial charge < -0.3 is 28.8 Å². The minimum atomic E-state index is -2.21. The summed E-state index contributed by atoms with van der Waals surface area (Å²) in [6.07, 6.45) is -6.03. The fourth-order valence-corrected chi connectivity index (χ4v) is 3.74. The largest absolute Gasteiger partial charge is 0.463 e. The SMILES string of the molecule is CC(=O)OC[C@@]1(O)[C@@H](Br)[C@H](OC(C)=O)[C@H](OC(C)=O)[C@@H](OC(C)=O)[C@@H]1OC(C)=O. The number of hydrogen-bond acceptors (Lipinski definition) is 11. The normalized spacial score (nSPS) is 31.2. The van der Waals surface area contributed by atoms with Crippen LogP contribution >= 0.6 is 15.9 Å². The lowest BCUT2D eigenvalue weighted by Crippen LogP contribution is -2.73. The predicted octanol–water partition coefficient (Wildman–Crippen LogP) is -0.216. The van der Waals surface area contributed by atoms with E-state index in [0.717, 1.165) is 34.6 Å². The van der Waals surface area contributed by atoms with Crippen molar-refractivity contribution >= 4 is 45.8 Å². The van der Waals surface area contributed by atoms with E-state index in [1.807, 2.05) is 0 Å². The summed E-state index contributed by atoms with van der Waals surface area (Å²) in [4.78, 5) is 56.6. The van der Waals surface area contributed by atoms with Gasteiger partial charge in [-0.05, 0) is 0 Å². The lowest BCUT2D eigenvalue weighted by Gasteiger charge is -2.50. The zero-order valence-electron chi connectivity index (χ0n) is 16.5. The van der Waals surface area contributed by atoms with Crippen LogP contribution in [-0.4, -0.2) is 76.4 Å². The van der Waals surface area contributed by atoms with Crippen LogP contribution in [-0.2, 0) is 47.7 Å². The number of ether oxygens (including phenoxy) is 5. The number of rotatable bonds is 6. The number of aliphatic hydroxyl groups is 1. The van der Waals surface area contributed by atoms with Gasteiger partial charge in [0.25, 0.3) is 0 Å². The molecule has 1 aliphatic carbocycles. The van der Waals surface area contributed by atoms with Gasteiger partial charge in [0.2, 0.25) is 0 Å². The highest BCUT2D eigenvalue weighted by Gasteiger charge is 2.64. The van der Waals surface area contributed by atoms with E-state index < -0.39 is 71.3 Å². The minimum Gasteiger partial charge on any atom is -0.463 e. The molecule has 0 aromatic rings. The average molecular weight is 483 g/mol. The average Bonchev–Trinajstić information content (AvgIpc) is 2.56. The molecule has 1 aliphatic rings. The fourth-order valence-electron chi connectivity index (χ4n) is 2.94. The zero-order valence-corrected chi connectivity index (χ0v) is 18.1. The highest BCUT2D eigenvalue weighted by molar-refractivity contribution is 9.09. The van der Waals surface area contributed by atoms with Gasteiger partial charge in [0.05, 0.1) is 4.83 Å². The summed E-state index contributed by atoms with van der Waals surface area (Å²) < 4.78 is 25.6. The zero-order chi connectivity index (χ0) is 22.5. The second-order valence-electron chi connectivity index (χ2n) is 6.43. The van der Waals surface area contributed by atoms with Gasteiger partial charge in [-0.15, -0.1) is 0 Å². The summed E-state index contributed by atoms with van der Waals surface area (Å²) in [5, 5.41) is 11.3. The summed E-state index contributed by atoms with van der Waals surface area (Å²) in [5.41, 5.74) is -2.21. The Labute approximate surface area is 175 Å². The Balaban J connectivity index is 3.58. The van der Waals surface area contributed by atoms with Gasteiger partial charge in [-0.1, -0.05) is 15.9 Å². The number of carbonyl (C=O) groups excluding carboxylic acids is 5. The Bertz CT molecular complexity index is 678. The lowest BCUT2D eigenvalue weighted by molar-refractivity contribution is -0.252. The van der Waals surface area contributed by atoms with Crippen molar-refractivity contribution in [3.05, 3.63) is 0 Å². The number of esters is 5. The first-order valence-corrected chi connectivity index (χ1v) is 9.39. The van der Waals surface area contributed by atoms with Gasteiger partial charge >= 0.3 is 29.8 Å². The number of alkyl halides is 1. The molecule has 0 amide bonds. The Morgan fingerprint density at radius 2 is 1.14 bits per heavy atom. The molecule has 0 unspecified atom stereocenters. The Kier molecular flexibility index (Phi) is 8.57. The Hall–Kier alpha value is -2.21. The van der Waals surface area contributed by atoms with Crippen LogP contribution in [0, 0.1) is 0 Å². The maximum Gasteiger partial charge on any atom is 0.303 e. The van der Waals surface area contributed by atoms with Crippen molar-refractivity contribution in [3.63, 3.8) is 0 Å². The van der Waals surface area contributed by atoms with Crippen LogP contribution in [0.1, 0.15) is 34.6 Å². The third-order valence-corrected chi connectivity index (χ3v) is 5.22. The van der Waals surface area contributed by atoms with Crippen molar-refractivity contribution < 1.29 is 52.8 Å². The molecule has 1 fully saturated rings. The van der Waals surface area contributed by atoms with Gasteiger partial charge in [-0.3, -0.25) is 24.0 Å². The van der Waals surface area contributed by atoms with E-state index in [-0.39, 0.29) is 0 Å². The van der Waals surface area contributed by atoms with Crippen LogP contribution in [0.15, 0.2) is 0 Å². The van der Waals surface area contributed by atoms with Gasteiger partial charge in [0.15, 0.2) is 30.0 Å². The Morgan fingerprint density at radius 1 is 0.724 bits per heavy atom. The van der Waals surface area contributed by atoms with Crippen molar-refractivity contribution in [3.8, 4) is 0 Å². The first-order valence-electron chi connectivity index (χ1n) is 8.48. The smallest absolute Gasteiger partial charge is 0.303 e. The topological polar surface area (TPSA) is 152 Å². The fraction of sp³-hybridized carbons (Fsp3) is 0.706. The maximum atomic E-state index is 11.7. The highest BCUT2D eigenvalue weighted by atomic mass is 79.9. The molecule has 1 saturated carbocycles. The monoisotopic (exact) mass is 482 g/mol. The van der Waals surface area contributed by atoms with Crippen LogP contribution in [0.5, 0.6) is 0 Å². The molecule has 0 aromatic carbocycles. The molecular weight excluding hydrogens is 460 g/mol. The lowest BCUT2D eigenvalue weighted by atomic mass is 9.76. The number of carbonyl (C=O) groups is 5. The molecule has 0 spiro atoms. The van der Waals surface area contributed by atoms with Gasteiger partial charge in [-0.2, -0.15) is 0 Å². The van der Waals surface area contributed by atoms with E-state index in [1.165, 1.54) is 0 Å². The first-order chi connectivity index (χ1) is 13.3. The third kappa shape index (κ3) is 6.39. The van der Waals surface area contributed by atoms with E-state index in [9.17, 15) is 29.1 Å². The molecule has 0 bridgehead atoms. The molecule has 0 radical (unpaired) electrons. The molecular formula is C17H23BrO11. The molecule has 0 heterocycles. The number of hydrogen-bond donors (Lipinski definition) is 1. The van der Waals surface area contributed by atoms with Crippen molar-refractivity contribution in [2.24, 2.45) is 0 Å². The van der Waals surface area contributed by atoms with Crippen LogP contribution in [0.2, 0.25) is 0 Å². The van der Waals surface area contributed by atoms with E-state index in [2.05, 4.69) is 15.9 Å².